The summed E-state index contributed by atoms with van der Waals surface area (Å²) in [6.45, 7) is 5.59. The first kappa shape index (κ1) is 19.2. The number of hydrogen-bond acceptors (Lipinski definition) is 4. The van der Waals surface area contributed by atoms with Crippen LogP contribution in [0.1, 0.15) is 30.9 Å². The number of benzene rings is 2. The van der Waals surface area contributed by atoms with Gasteiger partial charge in [0.05, 0.1) is 7.11 Å². The smallest absolute Gasteiger partial charge is 0.261 e. The molecule has 0 bridgehead atoms. The van der Waals surface area contributed by atoms with Crippen LogP contribution in [0, 0.1) is 0 Å². The van der Waals surface area contributed by atoms with Crippen molar-refractivity contribution in [3.63, 3.8) is 0 Å². The Morgan fingerprint density at radius 2 is 1.78 bits per heavy atom. The Hall–Kier alpha value is -2.53. The lowest BCUT2D eigenvalue weighted by atomic mass is 10.1. The van der Waals surface area contributed by atoms with Crippen molar-refractivity contribution in [1.82, 2.24) is 10.2 Å². The number of ether oxygens (including phenoxy) is 2. The second-order valence-corrected chi connectivity index (χ2v) is 6.96. The van der Waals surface area contributed by atoms with E-state index in [0.29, 0.717) is 18.0 Å². The van der Waals surface area contributed by atoms with E-state index in [1.807, 2.05) is 24.3 Å². The maximum Gasteiger partial charge on any atom is 0.261 e. The van der Waals surface area contributed by atoms with E-state index in [1.54, 1.807) is 20.1 Å². The summed E-state index contributed by atoms with van der Waals surface area (Å²) in [5, 5.41) is 2.96. The molecule has 5 nitrogen and oxygen atoms in total. The van der Waals surface area contributed by atoms with E-state index in [0.717, 1.165) is 12.1 Å². The Morgan fingerprint density at radius 1 is 1.07 bits per heavy atom. The maximum atomic E-state index is 12.4. The number of amides is 1. The van der Waals surface area contributed by atoms with Crippen molar-refractivity contribution in [3.05, 3.63) is 59.7 Å². The van der Waals surface area contributed by atoms with Gasteiger partial charge < -0.3 is 14.8 Å². The van der Waals surface area contributed by atoms with E-state index >= 15 is 0 Å². The molecule has 0 radical (unpaired) electrons. The molecule has 1 aliphatic rings. The fraction of sp³-hybridized carbons (Fsp3) is 0.409. The number of rotatable bonds is 8. The Labute approximate surface area is 161 Å². The van der Waals surface area contributed by atoms with Crippen LogP contribution in [0.15, 0.2) is 48.5 Å². The van der Waals surface area contributed by atoms with E-state index < -0.39 is 6.10 Å². The molecule has 0 aromatic heterocycles. The molecule has 2 aromatic carbocycles. The second kappa shape index (κ2) is 9.42. The summed E-state index contributed by atoms with van der Waals surface area (Å²) in [4.78, 5) is 14.8. The fourth-order valence-electron chi connectivity index (χ4n) is 3.30. The Bertz CT molecular complexity index is 757. The highest BCUT2D eigenvalue weighted by Crippen LogP contribution is 2.20. The number of likely N-dealkylation sites (tertiary alicyclic amines) is 1. The SMILES string of the molecule is COc1cccc(O[C@@H](C)C(=O)NCc2cccc(CN3CCCC3)c2)c1. The lowest BCUT2D eigenvalue weighted by Gasteiger charge is -2.17. The van der Waals surface area contributed by atoms with Crippen molar-refractivity contribution in [3.8, 4) is 11.5 Å². The van der Waals surface area contributed by atoms with Crippen LogP contribution in [0.3, 0.4) is 0 Å². The summed E-state index contributed by atoms with van der Waals surface area (Å²) >= 11 is 0. The van der Waals surface area contributed by atoms with Crippen molar-refractivity contribution in [2.45, 2.75) is 39.0 Å². The summed E-state index contributed by atoms with van der Waals surface area (Å²) in [6.07, 6.45) is 2.01. The van der Waals surface area contributed by atoms with Crippen molar-refractivity contribution < 1.29 is 14.3 Å². The average molecular weight is 368 g/mol. The molecule has 5 heteroatoms. The predicted octanol–water partition coefficient (Wildman–Crippen LogP) is 3.37. The van der Waals surface area contributed by atoms with E-state index in [4.69, 9.17) is 9.47 Å². The van der Waals surface area contributed by atoms with Gasteiger partial charge in [-0.25, -0.2) is 0 Å². The first-order chi connectivity index (χ1) is 13.1. The zero-order valence-electron chi connectivity index (χ0n) is 16.1. The minimum atomic E-state index is -0.579. The third kappa shape index (κ3) is 5.73. The average Bonchev–Trinajstić information content (AvgIpc) is 3.19. The topological polar surface area (TPSA) is 50.8 Å². The van der Waals surface area contributed by atoms with E-state index in [2.05, 4.69) is 28.4 Å². The summed E-state index contributed by atoms with van der Waals surface area (Å²) in [5.74, 6) is 1.18. The molecule has 1 fully saturated rings. The Balaban J connectivity index is 1.50. The number of methoxy groups -OCH3 is 1. The molecule has 144 valence electrons. The molecule has 0 unspecified atom stereocenters. The molecule has 1 aliphatic heterocycles. The zero-order valence-corrected chi connectivity index (χ0v) is 16.1. The largest absolute Gasteiger partial charge is 0.497 e. The van der Waals surface area contributed by atoms with Crippen LogP contribution in [0.5, 0.6) is 11.5 Å². The van der Waals surface area contributed by atoms with Crippen LogP contribution in [-0.4, -0.2) is 37.1 Å². The highest BCUT2D eigenvalue weighted by atomic mass is 16.5. The molecule has 3 rings (SSSR count). The quantitative estimate of drug-likeness (QED) is 0.776. The molecule has 27 heavy (non-hydrogen) atoms. The van der Waals surface area contributed by atoms with E-state index in [-0.39, 0.29) is 5.91 Å². The van der Waals surface area contributed by atoms with Gasteiger partial charge in [0.2, 0.25) is 0 Å². The lowest BCUT2D eigenvalue weighted by molar-refractivity contribution is -0.127. The molecule has 0 aliphatic carbocycles. The normalized spacial score (nSPS) is 15.3. The lowest BCUT2D eigenvalue weighted by Crippen LogP contribution is -2.35. The van der Waals surface area contributed by atoms with Gasteiger partial charge in [-0.05, 0) is 56.1 Å². The number of carbonyl (C=O) groups excluding carboxylic acids is 1. The predicted molar refractivity (Wildman–Crippen MR) is 106 cm³/mol. The highest BCUT2D eigenvalue weighted by molar-refractivity contribution is 5.80. The summed E-state index contributed by atoms with van der Waals surface area (Å²) in [5.41, 5.74) is 2.40. The molecule has 1 saturated heterocycles. The summed E-state index contributed by atoms with van der Waals surface area (Å²) < 4.78 is 10.9. The van der Waals surface area contributed by atoms with Gasteiger partial charge in [-0.2, -0.15) is 0 Å². The summed E-state index contributed by atoms with van der Waals surface area (Å²) in [6, 6.07) is 15.7. The van der Waals surface area contributed by atoms with Gasteiger partial charge in [-0.3, -0.25) is 9.69 Å². The molecule has 1 N–H and O–H groups in total. The van der Waals surface area contributed by atoms with Crippen LogP contribution in [-0.2, 0) is 17.9 Å². The molecule has 1 amide bonds. The second-order valence-electron chi connectivity index (χ2n) is 6.96. The van der Waals surface area contributed by atoms with Gasteiger partial charge in [0.15, 0.2) is 6.10 Å². The maximum absolute atomic E-state index is 12.4. The van der Waals surface area contributed by atoms with Crippen molar-refractivity contribution >= 4 is 5.91 Å². The first-order valence-corrected chi connectivity index (χ1v) is 9.52. The van der Waals surface area contributed by atoms with Crippen LogP contribution < -0.4 is 14.8 Å². The van der Waals surface area contributed by atoms with Gasteiger partial charge in [0, 0.05) is 19.2 Å². The number of carbonyl (C=O) groups is 1. The molecule has 2 aromatic rings. The van der Waals surface area contributed by atoms with Crippen LogP contribution in [0.2, 0.25) is 0 Å². The van der Waals surface area contributed by atoms with Gasteiger partial charge in [0.25, 0.3) is 5.91 Å². The Morgan fingerprint density at radius 3 is 2.56 bits per heavy atom. The highest BCUT2D eigenvalue weighted by Gasteiger charge is 2.15. The van der Waals surface area contributed by atoms with E-state index in [1.165, 1.54) is 31.5 Å². The van der Waals surface area contributed by atoms with Crippen LogP contribution >= 0.6 is 0 Å². The molecule has 0 saturated carbocycles. The molecule has 0 spiro atoms. The minimum absolute atomic E-state index is 0.136. The van der Waals surface area contributed by atoms with Gasteiger partial charge in [-0.15, -0.1) is 0 Å². The third-order valence-electron chi connectivity index (χ3n) is 4.79. The standard InChI is InChI=1S/C22H28N2O3/c1-17(27-21-10-6-9-20(14-21)26-2)22(25)23-15-18-7-5-8-19(13-18)16-24-11-3-4-12-24/h5-10,13-14,17H,3-4,11-12,15-16H2,1-2H3,(H,23,25)/t17-/m0/s1. The van der Waals surface area contributed by atoms with E-state index in [9.17, 15) is 4.79 Å². The first-order valence-electron chi connectivity index (χ1n) is 9.52. The van der Waals surface area contributed by atoms with Crippen LogP contribution in [0.4, 0.5) is 0 Å². The fourth-order valence-corrected chi connectivity index (χ4v) is 3.30. The number of nitrogens with one attached hydrogen (secondary N) is 1. The zero-order chi connectivity index (χ0) is 19.1. The molecule has 1 heterocycles. The van der Waals surface area contributed by atoms with Gasteiger partial charge >= 0.3 is 0 Å². The molecular formula is C22H28N2O3. The number of nitrogens with zero attached hydrogens (tertiary/aromatic N) is 1. The Kier molecular flexibility index (Phi) is 6.71. The van der Waals surface area contributed by atoms with Gasteiger partial charge in [-0.1, -0.05) is 30.3 Å². The molecular weight excluding hydrogens is 340 g/mol. The van der Waals surface area contributed by atoms with Crippen LogP contribution in [0.25, 0.3) is 0 Å². The number of hydrogen-bond donors (Lipinski definition) is 1. The third-order valence-corrected chi connectivity index (χ3v) is 4.79. The van der Waals surface area contributed by atoms with Crippen molar-refractivity contribution in [2.75, 3.05) is 20.2 Å². The summed E-state index contributed by atoms with van der Waals surface area (Å²) in [7, 11) is 1.60. The van der Waals surface area contributed by atoms with Crippen molar-refractivity contribution in [2.24, 2.45) is 0 Å². The minimum Gasteiger partial charge on any atom is -0.497 e. The molecule has 1 atom stereocenters. The van der Waals surface area contributed by atoms with Crippen molar-refractivity contribution in [1.29, 1.82) is 0 Å². The monoisotopic (exact) mass is 368 g/mol. The van der Waals surface area contributed by atoms with Gasteiger partial charge in [0.1, 0.15) is 11.5 Å².